The minimum atomic E-state index is -0.263. The summed E-state index contributed by atoms with van der Waals surface area (Å²) < 4.78 is 0. The van der Waals surface area contributed by atoms with Gasteiger partial charge in [-0.05, 0) is 59.3 Å². The van der Waals surface area contributed by atoms with Crippen molar-refractivity contribution in [2.75, 3.05) is 39.3 Å². The van der Waals surface area contributed by atoms with Crippen LogP contribution in [-0.2, 0) is 31.5 Å². The molecule has 3 heterocycles. The van der Waals surface area contributed by atoms with Crippen molar-refractivity contribution in [1.82, 2.24) is 14.7 Å². The van der Waals surface area contributed by atoms with Crippen LogP contribution in [0, 0.1) is 0 Å². The van der Waals surface area contributed by atoms with E-state index in [0.29, 0.717) is 77.8 Å². The molecule has 0 spiro atoms. The Morgan fingerprint density at radius 2 is 0.675 bits per heavy atom. The fourth-order valence-corrected chi connectivity index (χ4v) is 4.10. The first-order valence-corrected chi connectivity index (χ1v) is 13.3. The molecule has 3 aliphatic heterocycles. The fraction of sp³-hybridized carbons (Fsp3) is 0.667. The largest absolute Gasteiger partial charge is 0.495 e. The second kappa shape index (κ2) is 19.5. The summed E-state index contributed by atoms with van der Waals surface area (Å²) in [5, 5.41) is 55.8. The number of carbonyl (C=O) groups is 3. The van der Waals surface area contributed by atoms with E-state index in [4.69, 9.17) is 0 Å². The van der Waals surface area contributed by atoms with Gasteiger partial charge in [-0.3, -0.25) is 14.4 Å². The zero-order valence-electron chi connectivity index (χ0n) is 23.6. The average Bonchev–Trinajstić information content (AvgIpc) is 2.85. The summed E-state index contributed by atoms with van der Waals surface area (Å²) in [6.45, 7) is 7.84. The number of aliphatic hydroxyl groups excluding tert-OH is 6. The van der Waals surface area contributed by atoms with Crippen molar-refractivity contribution < 1.29 is 62.1 Å². The molecule has 3 saturated heterocycles. The molecule has 0 aromatic carbocycles. The maximum atomic E-state index is 10.6. The summed E-state index contributed by atoms with van der Waals surface area (Å²) in [7, 11) is 0. The van der Waals surface area contributed by atoms with Crippen molar-refractivity contribution in [2.45, 2.75) is 77.6 Å². The van der Waals surface area contributed by atoms with Crippen LogP contribution in [0.25, 0.3) is 0 Å². The molecule has 0 atom stereocenters. The van der Waals surface area contributed by atoms with Gasteiger partial charge in [-0.15, -0.1) is 0 Å². The van der Waals surface area contributed by atoms with E-state index < -0.39 is 0 Å². The predicted octanol–water partition coefficient (Wildman–Crippen LogP) is 1.29. The first-order chi connectivity index (χ1) is 18.3. The zero-order chi connectivity index (χ0) is 29.5. The number of piperidine rings is 3. The van der Waals surface area contributed by atoms with Crippen molar-refractivity contribution in [1.29, 1.82) is 0 Å². The molecule has 12 nitrogen and oxygen atoms in total. The van der Waals surface area contributed by atoms with Crippen LogP contribution >= 0.6 is 0 Å². The Morgan fingerprint density at radius 1 is 0.500 bits per heavy atom. The van der Waals surface area contributed by atoms with E-state index in [1.54, 1.807) is 14.7 Å². The molecule has 3 fully saturated rings. The van der Waals surface area contributed by atoms with Gasteiger partial charge in [-0.25, -0.2) is 0 Å². The van der Waals surface area contributed by atoms with Crippen LogP contribution in [0.3, 0.4) is 0 Å². The van der Waals surface area contributed by atoms with Crippen molar-refractivity contribution in [3.05, 3.63) is 35.9 Å². The maximum absolute atomic E-state index is 10.6. The summed E-state index contributed by atoms with van der Waals surface area (Å²) >= 11 is 0. The van der Waals surface area contributed by atoms with Crippen molar-refractivity contribution >= 4 is 17.3 Å². The van der Waals surface area contributed by atoms with Gasteiger partial charge in [0, 0.05) is 74.6 Å². The predicted molar refractivity (Wildman–Crippen MR) is 145 cm³/mol. The second-order valence-corrected chi connectivity index (χ2v) is 9.99. The molecule has 0 bridgehead atoms. The number of likely N-dealkylation sites (tertiary alicyclic amines) is 3. The molecule has 0 aliphatic carbocycles. The van der Waals surface area contributed by atoms with E-state index in [9.17, 15) is 45.0 Å². The number of aliphatic hydroxyl groups is 6. The van der Waals surface area contributed by atoms with Crippen LogP contribution in [0.15, 0.2) is 35.9 Å². The number of allylic oxidation sites excluding steroid dienone is 3. The summed E-state index contributed by atoms with van der Waals surface area (Å²) in [6.07, 6.45) is 6.72. The molecule has 6 N–H and O–H groups in total. The van der Waals surface area contributed by atoms with E-state index in [-0.39, 0.29) is 70.4 Å². The summed E-state index contributed by atoms with van der Waals surface area (Å²) in [5.74, 6) is -0.450. The standard InChI is InChI=1S/3C9H15NO3.Fe/c3*1-7(11)6-9(13)10-4-2-8(12)3-5-10;/h3*6,8,12-13H,2-5H2,1H3;. The van der Waals surface area contributed by atoms with Gasteiger partial charge < -0.3 is 45.3 Å². The number of hydrogen-bond donors (Lipinski definition) is 6. The van der Waals surface area contributed by atoms with Crippen LogP contribution in [0.4, 0.5) is 0 Å². The Bertz CT molecular complexity index is 772. The molecule has 0 radical (unpaired) electrons. The average molecular weight is 612 g/mol. The van der Waals surface area contributed by atoms with Gasteiger partial charge in [-0.1, -0.05) is 0 Å². The fourth-order valence-electron chi connectivity index (χ4n) is 4.10. The third kappa shape index (κ3) is 15.9. The molecule has 230 valence electrons. The third-order valence-corrected chi connectivity index (χ3v) is 6.36. The number of carbonyl (C=O) groups excluding carboxylic acids is 3. The number of rotatable bonds is 6. The third-order valence-electron chi connectivity index (χ3n) is 6.36. The molecular weight excluding hydrogens is 566 g/mol. The minimum Gasteiger partial charge on any atom is -0.495 e. The minimum absolute atomic E-state index is 0. The topological polar surface area (TPSA) is 182 Å². The summed E-state index contributed by atoms with van der Waals surface area (Å²) in [5.41, 5.74) is 0. The maximum Gasteiger partial charge on any atom is 0.190 e. The van der Waals surface area contributed by atoms with Crippen molar-refractivity contribution in [3.63, 3.8) is 0 Å². The molecule has 0 unspecified atom stereocenters. The van der Waals surface area contributed by atoms with Gasteiger partial charge in [0.2, 0.25) is 0 Å². The summed E-state index contributed by atoms with van der Waals surface area (Å²) in [6, 6.07) is 0. The van der Waals surface area contributed by atoms with Crippen LogP contribution in [0.2, 0.25) is 0 Å². The van der Waals surface area contributed by atoms with Gasteiger partial charge in [0.05, 0.1) is 18.3 Å². The SMILES string of the molecule is CC(=O)C=C(O)N1CCC(O)CC1.CC(=O)C=C(O)N1CCC(O)CC1.CC(=O)C=C(O)N1CCC(O)CC1.[Fe]. The first-order valence-electron chi connectivity index (χ1n) is 13.3. The van der Waals surface area contributed by atoms with Gasteiger partial charge in [0.25, 0.3) is 0 Å². The molecule has 0 aromatic rings. The van der Waals surface area contributed by atoms with E-state index in [1.807, 2.05) is 0 Å². The number of ketones is 3. The second-order valence-electron chi connectivity index (χ2n) is 9.99. The zero-order valence-corrected chi connectivity index (χ0v) is 24.7. The van der Waals surface area contributed by atoms with Crippen LogP contribution in [-0.4, -0.2) is 120 Å². The van der Waals surface area contributed by atoms with Crippen LogP contribution in [0.1, 0.15) is 59.3 Å². The van der Waals surface area contributed by atoms with Crippen molar-refractivity contribution in [2.24, 2.45) is 0 Å². The normalized spacial score (nSPS) is 19.9. The quantitative estimate of drug-likeness (QED) is 0.144. The Balaban J connectivity index is 0.000000563. The van der Waals surface area contributed by atoms with Gasteiger partial charge >= 0.3 is 0 Å². The molecular formula is C27H45FeN3O9. The van der Waals surface area contributed by atoms with Crippen LogP contribution in [0.5, 0.6) is 0 Å². The summed E-state index contributed by atoms with van der Waals surface area (Å²) in [4.78, 5) is 37.1. The Morgan fingerprint density at radius 3 is 0.825 bits per heavy atom. The molecule has 13 heteroatoms. The molecule has 3 aliphatic rings. The molecule has 3 rings (SSSR count). The number of nitrogens with zero attached hydrogens (tertiary/aromatic N) is 3. The van der Waals surface area contributed by atoms with Gasteiger partial charge in [-0.2, -0.15) is 0 Å². The monoisotopic (exact) mass is 611 g/mol. The molecule has 40 heavy (non-hydrogen) atoms. The smallest absolute Gasteiger partial charge is 0.190 e. The van der Waals surface area contributed by atoms with Gasteiger partial charge in [0.15, 0.2) is 35.0 Å². The van der Waals surface area contributed by atoms with Crippen LogP contribution < -0.4 is 0 Å². The van der Waals surface area contributed by atoms with E-state index in [0.717, 1.165) is 0 Å². The Hall–Kier alpha value is -2.57. The first kappa shape index (κ1) is 37.4. The van der Waals surface area contributed by atoms with E-state index >= 15 is 0 Å². The van der Waals surface area contributed by atoms with Crippen molar-refractivity contribution in [3.8, 4) is 0 Å². The molecule has 0 saturated carbocycles. The number of hydrogen-bond acceptors (Lipinski definition) is 12. The van der Waals surface area contributed by atoms with E-state index in [1.165, 1.54) is 39.0 Å². The van der Waals surface area contributed by atoms with Gasteiger partial charge in [0.1, 0.15) is 0 Å². The Labute approximate surface area is 246 Å². The molecule has 0 aromatic heterocycles. The van der Waals surface area contributed by atoms with E-state index in [2.05, 4.69) is 0 Å². The molecule has 0 amide bonds. The Kier molecular flexibility index (Phi) is 18.2.